The Bertz CT molecular complexity index is 273. The molecule has 92 valence electrons. The van der Waals surface area contributed by atoms with Gasteiger partial charge in [-0.3, -0.25) is 4.79 Å². The number of rotatable bonds is 5. The molecule has 0 aromatic heterocycles. The molecule has 0 rings (SSSR count). The SMILES string of the molecule is C=C(C)C(=O)OCCCC(=O)OC(C)(C)C. The molecule has 0 N–H and O–H groups in total. The van der Waals surface area contributed by atoms with E-state index < -0.39 is 11.6 Å². The Morgan fingerprint density at radius 1 is 1.25 bits per heavy atom. The lowest BCUT2D eigenvalue weighted by Gasteiger charge is -2.19. The minimum Gasteiger partial charge on any atom is -0.462 e. The first kappa shape index (κ1) is 14.7. The first-order chi connectivity index (χ1) is 7.22. The largest absolute Gasteiger partial charge is 0.462 e. The molecule has 0 radical (unpaired) electrons. The maximum absolute atomic E-state index is 11.3. The first-order valence-corrected chi connectivity index (χ1v) is 5.27. The standard InChI is InChI=1S/C12H20O4/c1-9(2)11(14)15-8-6-7-10(13)16-12(3,4)5/h1,6-8H2,2-5H3. The number of esters is 2. The van der Waals surface area contributed by atoms with Gasteiger partial charge in [-0.05, 0) is 34.1 Å². The molecule has 0 bridgehead atoms. The monoisotopic (exact) mass is 228 g/mol. The molecule has 0 aliphatic heterocycles. The van der Waals surface area contributed by atoms with Crippen molar-refractivity contribution in [2.24, 2.45) is 0 Å². The first-order valence-electron chi connectivity index (χ1n) is 5.27. The van der Waals surface area contributed by atoms with Crippen molar-refractivity contribution >= 4 is 11.9 Å². The minimum absolute atomic E-state index is 0.213. The van der Waals surface area contributed by atoms with Gasteiger partial charge in [0, 0.05) is 12.0 Å². The molecule has 0 saturated heterocycles. The lowest BCUT2D eigenvalue weighted by molar-refractivity contribution is -0.155. The van der Waals surface area contributed by atoms with Crippen LogP contribution in [-0.2, 0) is 19.1 Å². The van der Waals surface area contributed by atoms with Crippen molar-refractivity contribution < 1.29 is 19.1 Å². The zero-order valence-corrected chi connectivity index (χ0v) is 10.5. The highest BCUT2D eigenvalue weighted by atomic mass is 16.6. The van der Waals surface area contributed by atoms with Crippen molar-refractivity contribution in [3.63, 3.8) is 0 Å². The van der Waals surface area contributed by atoms with Crippen molar-refractivity contribution in [1.82, 2.24) is 0 Å². The van der Waals surface area contributed by atoms with Gasteiger partial charge in [-0.2, -0.15) is 0 Å². The molecule has 16 heavy (non-hydrogen) atoms. The molecular formula is C12H20O4. The third-order valence-electron chi connectivity index (χ3n) is 1.53. The van der Waals surface area contributed by atoms with Crippen LogP contribution in [0.1, 0.15) is 40.5 Å². The van der Waals surface area contributed by atoms with Gasteiger partial charge in [-0.25, -0.2) is 4.79 Å². The van der Waals surface area contributed by atoms with Gasteiger partial charge in [-0.1, -0.05) is 6.58 Å². The summed E-state index contributed by atoms with van der Waals surface area (Å²) >= 11 is 0. The molecule has 0 aliphatic carbocycles. The number of carbonyl (C=O) groups is 2. The van der Waals surface area contributed by atoms with Crippen LogP contribution in [0, 0.1) is 0 Å². The van der Waals surface area contributed by atoms with Crippen LogP contribution >= 0.6 is 0 Å². The molecule has 0 aliphatic rings. The van der Waals surface area contributed by atoms with E-state index in [1.807, 2.05) is 20.8 Å². The van der Waals surface area contributed by atoms with Crippen LogP contribution in [0.4, 0.5) is 0 Å². The Morgan fingerprint density at radius 2 is 1.81 bits per heavy atom. The summed E-state index contributed by atoms with van der Waals surface area (Å²) < 4.78 is 9.93. The molecule has 0 spiro atoms. The molecule has 4 nitrogen and oxygen atoms in total. The second-order valence-electron chi connectivity index (χ2n) is 4.61. The maximum atomic E-state index is 11.3. The van der Waals surface area contributed by atoms with E-state index in [1.165, 1.54) is 0 Å². The predicted molar refractivity (Wildman–Crippen MR) is 60.9 cm³/mol. The van der Waals surface area contributed by atoms with Crippen LogP contribution in [-0.4, -0.2) is 24.1 Å². The van der Waals surface area contributed by atoms with Gasteiger partial charge in [0.05, 0.1) is 6.61 Å². The molecule has 0 unspecified atom stereocenters. The summed E-state index contributed by atoms with van der Waals surface area (Å²) in [6.45, 7) is 10.7. The smallest absolute Gasteiger partial charge is 0.333 e. The number of hydrogen-bond acceptors (Lipinski definition) is 4. The van der Waals surface area contributed by atoms with Crippen LogP contribution in [0.3, 0.4) is 0 Å². The van der Waals surface area contributed by atoms with Gasteiger partial charge in [-0.15, -0.1) is 0 Å². The molecule has 0 aromatic carbocycles. The Kier molecular flexibility index (Phi) is 5.78. The van der Waals surface area contributed by atoms with Crippen LogP contribution in [0.15, 0.2) is 12.2 Å². The highest BCUT2D eigenvalue weighted by molar-refractivity contribution is 5.86. The summed E-state index contributed by atoms with van der Waals surface area (Å²) in [5, 5.41) is 0. The van der Waals surface area contributed by atoms with Gasteiger partial charge in [0.15, 0.2) is 0 Å². The van der Waals surface area contributed by atoms with Crippen molar-refractivity contribution in [3.05, 3.63) is 12.2 Å². The van der Waals surface area contributed by atoms with Crippen LogP contribution in [0.25, 0.3) is 0 Å². The summed E-state index contributed by atoms with van der Waals surface area (Å²) in [6, 6.07) is 0. The quantitative estimate of drug-likeness (QED) is 0.411. The second kappa shape index (κ2) is 6.30. The molecule has 0 heterocycles. The lowest BCUT2D eigenvalue weighted by Crippen LogP contribution is -2.24. The number of ether oxygens (including phenoxy) is 2. The van der Waals surface area contributed by atoms with Gasteiger partial charge in [0.1, 0.15) is 5.60 Å². The van der Waals surface area contributed by atoms with Crippen LogP contribution in [0.5, 0.6) is 0 Å². The highest BCUT2D eigenvalue weighted by Gasteiger charge is 2.15. The average Bonchev–Trinajstić information content (AvgIpc) is 2.08. The van der Waals surface area contributed by atoms with E-state index >= 15 is 0 Å². The fraction of sp³-hybridized carbons (Fsp3) is 0.667. The Hall–Kier alpha value is -1.32. The maximum Gasteiger partial charge on any atom is 0.333 e. The topological polar surface area (TPSA) is 52.6 Å². The summed E-state index contributed by atoms with van der Waals surface area (Å²) in [5.74, 6) is -0.705. The summed E-state index contributed by atoms with van der Waals surface area (Å²) in [4.78, 5) is 22.2. The third kappa shape index (κ3) is 8.03. The van der Waals surface area contributed by atoms with E-state index in [2.05, 4.69) is 6.58 Å². The molecule has 0 atom stereocenters. The zero-order valence-electron chi connectivity index (χ0n) is 10.5. The van der Waals surface area contributed by atoms with Gasteiger partial charge in [0.25, 0.3) is 0 Å². The zero-order chi connectivity index (χ0) is 12.8. The average molecular weight is 228 g/mol. The molecule has 0 fully saturated rings. The van der Waals surface area contributed by atoms with Gasteiger partial charge < -0.3 is 9.47 Å². The predicted octanol–water partition coefficient (Wildman–Crippen LogP) is 2.23. The van der Waals surface area contributed by atoms with Crippen molar-refractivity contribution in [2.45, 2.75) is 46.1 Å². The second-order valence-corrected chi connectivity index (χ2v) is 4.61. The Balaban J connectivity index is 3.64. The van der Waals surface area contributed by atoms with E-state index in [-0.39, 0.29) is 19.0 Å². The van der Waals surface area contributed by atoms with Crippen LogP contribution < -0.4 is 0 Å². The van der Waals surface area contributed by atoms with E-state index in [0.717, 1.165) is 0 Å². The highest BCUT2D eigenvalue weighted by Crippen LogP contribution is 2.09. The molecule has 0 saturated carbocycles. The fourth-order valence-electron chi connectivity index (χ4n) is 0.897. The molecule has 0 aromatic rings. The molecule has 0 amide bonds. The van der Waals surface area contributed by atoms with Crippen molar-refractivity contribution in [3.8, 4) is 0 Å². The van der Waals surface area contributed by atoms with E-state index in [4.69, 9.17) is 9.47 Å². The van der Waals surface area contributed by atoms with Gasteiger partial charge >= 0.3 is 11.9 Å². The normalized spacial score (nSPS) is 10.8. The number of hydrogen-bond donors (Lipinski definition) is 0. The van der Waals surface area contributed by atoms with Crippen LogP contribution in [0.2, 0.25) is 0 Å². The van der Waals surface area contributed by atoms with E-state index in [9.17, 15) is 9.59 Å². The fourth-order valence-corrected chi connectivity index (χ4v) is 0.897. The summed E-state index contributed by atoms with van der Waals surface area (Å²) in [6.07, 6.45) is 0.717. The Labute approximate surface area is 96.6 Å². The third-order valence-corrected chi connectivity index (χ3v) is 1.53. The molecule has 4 heteroatoms. The van der Waals surface area contributed by atoms with E-state index in [0.29, 0.717) is 12.0 Å². The lowest BCUT2D eigenvalue weighted by atomic mass is 10.2. The van der Waals surface area contributed by atoms with E-state index in [1.54, 1.807) is 6.92 Å². The van der Waals surface area contributed by atoms with Gasteiger partial charge in [0.2, 0.25) is 0 Å². The van der Waals surface area contributed by atoms with Crippen molar-refractivity contribution in [2.75, 3.05) is 6.61 Å². The number of carbonyl (C=O) groups excluding carboxylic acids is 2. The molecular weight excluding hydrogens is 208 g/mol. The Morgan fingerprint density at radius 3 is 2.25 bits per heavy atom. The van der Waals surface area contributed by atoms with Crippen molar-refractivity contribution in [1.29, 1.82) is 0 Å². The summed E-state index contributed by atoms with van der Waals surface area (Å²) in [5.41, 5.74) is -0.108. The minimum atomic E-state index is -0.467. The summed E-state index contributed by atoms with van der Waals surface area (Å²) in [7, 11) is 0.